The summed E-state index contributed by atoms with van der Waals surface area (Å²) in [4.78, 5) is 39.0. The topological polar surface area (TPSA) is 82.8 Å². The molecule has 27 heavy (non-hydrogen) atoms. The number of pyridine rings is 1. The van der Waals surface area contributed by atoms with E-state index in [1.165, 1.54) is 13.1 Å². The number of carbonyl (C=O) groups excluding carboxylic acids is 1. The zero-order chi connectivity index (χ0) is 19.9. The van der Waals surface area contributed by atoms with Crippen LogP contribution in [0.4, 0.5) is 10.1 Å². The summed E-state index contributed by atoms with van der Waals surface area (Å²) < 4.78 is 16.5. The van der Waals surface area contributed by atoms with Crippen LogP contribution in [0.2, 0.25) is 0 Å². The van der Waals surface area contributed by atoms with E-state index in [1.807, 2.05) is 18.7 Å². The summed E-state index contributed by atoms with van der Waals surface area (Å²) >= 11 is 0. The van der Waals surface area contributed by atoms with Crippen LogP contribution in [0.1, 0.15) is 31.1 Å². The van der Waals surface area contributed by atoms with Crippen molar-refractivity contribution in [2.75, 3.05) is 24.5 Å². The van der Waals surface area contributed by atoms with E-state index < -0.39 is 17.2 Å². The molecule has 1 fully saturated rings. The van der Waals surface area contributed by atoms with Gasteiger partial charge in [0.25, 0.3) is 0 Å². The van der Waals surface area contributed by atoms with Crippen LogP contribution in [0.25, 0.3) is 10.9 Å². The first-order valence-electron chi connectivity index (χ1n) is 8.86. The van der Waals surface area contributed by atoms with Crippen molar-refractivity contribution in [3.8, 4) is 0 Å². The van der Waals surface area contributed by atoms with Crippen LogP contribution < -0.4 is 10.3 Å². The number of piperazine rings is 1. The normalized spacial score (nSPS) is 17.4. The van der Waals surface area contributed by atoms with E-state index >= 15 is 0 Å². The van der Waals surface area contributed by atoms with Gasteiger partial charge in [0.2, 0.25) is 11.3 Å². The number of carboxylic acids is 1. The van der Waals surface area contributed by atoms with Crippen molar-refractivity contribution in [1.82, 2.24) is 9.47 Å². The Morgan fingerprint density at radius 1 is 1.30 bits per heavy atom. The number of fused-ring (bicyclic) bond motifs is 1. The van der Waals surface area contributed by atoms with Gasteiger partial charge in [-0.25, -0.2) is 9.18 Å². The number of hydrogen-bond donors (Lipinski definition) is 1. The quantitative estimate of drug-likeness (QED) is 0.886. The summed E-state index contributed by atoms with van der Waals surface area (Å²) in [5.41, 5.74) is -0.226. The SMILES string of the molecule is CCn1cc(C(=O)O)c(=O)c2cc(F)c(N3CCN(C(C)=O)C(C)C3)cc21. The van der Waals surface area contributed by atoms with Gasteiger partial charge in [0.05, 0.1) is 11.2 Å². The predicted octanol–water partition coefficient (Wildman–Crippen LogP) is 1.92. The number of hydrogen-bond acceptors (Lipinski definition) is 4. The highest BCUT2D eigenvalue weighted by Crippen LogP contribution is 2.27. The van der Waals surface area contributed by atoms with E-state index in [0.717, 1.165) is 6.07 Å². The monoisotopic (exact) mass is 375 g/mol. The molecule has 3 rings (SSSR count). The van der Waals surface area contributed by atoms with Crippen molar-refractivity contribution >= 4 is 28.5 Å². The highest BCUT2D eigenvalue weighted by molar-refractivity contribution is 5.93. The highest BCUT2D eigenvalue weighted by Gasteiger charge is 2.27. The van der Waals surface area contributed by atoms with E-state index in [1.54, 1.807) is 15.5 Å². The highest BCUT2D eigenvalue weighted by atomic mass is 19.1. The molecule has 8 heteroatoms. The number of benzene rings is 1. The van der Waals surface area contributed by atoms with Gasteiger partial charge in [0.1, 0.15) is 11.4 Å². The van der Waals surface area contributed by atoms with Crippen LogP contribution in [0.3, 0.4) is 0 Å². The number of aromatic carboxylic acids is 1. The lowest BCUT2D eigenvalue weighted by atomic mass is 10.1. The molecule has 1 saturated heterocycles. The molecule has 0 aliphatic carbocycles. The van der Waals surface area contributed by atoms with E-state index in [-0.39, 0.29) is 22.9 Å². The van der Waals surface area contributed by atoms with Crippen LogP contribution in [-0.4, -0.2) is 52.1 Å². The van der Waals surface area contributed by atoms with Crippen molar-refractivity contribution in [3.63, 3.8) is 0 Å². The van der Waals surface area contributed by atoms with Crippen molar-refractivity contribution in [2.45, 2.75) is 33.4 Å². The van der Waals surface area contributed by atoms with Gasteiger partial charge in [0, 0.05) is 50.7 Å². The summed E-state index contributed by atoms with van der Waals surface area (Å²) in [6.07, 6.45) is 1.30. The smallest absolute Gasteiger partial charge is 0.341 e. The van der Waals surface area contributed by atoms with Crippen molar-refractivity contribution in [3.05, 3.63) is 39.9 Å². The molecule has 1 atom stereocenters. The van der Waals surface area contributed by atoms with Crippen molar-refractivity contribution < 1.29 is 19.1 Å². The Labute approximate surface area is 155 Å². The van der Waals surface area contributed by atoms with Crippen molar-refractivity contribution in [1.29, 1.82) is 0 Å². The average molecular weight is 375 g/mol. The molecule has 1 aliphatic rings. The molecule has 2 aromatic rings. The van der Waals surface area contributed by atoms with E-state index in [0.29, 0.717) is 37.4 Å². The summed E-state index contributed by atoms with van der Waals surface area (Å²) in [5.74, 6) is -1.92. The Kier molecular flexibility index (Phi) is 4.91. The number of rotatable bonds is 3. The predicted molar refractivity (Wildman–Crippen MR) is 99.9 cm³/mol. The maximum Gasteiger partial charge on any atom is 0.341 e. The second-order valence-electron chi connectivity index (χ2n) is 6.79. The molecule has 1 amide bonds. The third kappa shape index (κ3) is 3.27. The largest absolute Gasteiger partial charge is 0.477 e. The molecule has 0 bridgehead atoms. The molecule has 144 valence electrons. The van der Waals surface area contributed by atoms with Crippen LogP contribution in [0.5, 0.6) is 0 Å². The van der Waals surface area contributed by atoms with E-state index in [9.17, 15) is 23.9 Å². The molecule has 1 aromatic heterocycles. The molecule has 1 N–H and O–H groups in total. The Bertz CT molecular complexity index is 985. The number of aromatic nitrogens is 1. The number of halogens is 1. The van der Waals surface area contributed by atoms with Crippen LogP contribution in [-0.2, 0) is 11.3 Å². The van der Waals surface area contributed by atoms with Crippen LogP contribution in [0.15, 0.2) is 23.1 Å². The second kappa shape index (κ2) is 7.02. The van der Waals surface area contributed by atoms with Gasteiger partial charge in [-0.2, -0.15) is 0 Å². The van der Waals surface area contributed by atoms with Crippen LogP contribution in [0, 0.1) is 5.82 Å². The number of carboxylic acid groups (broad SMARTS) is 1. The fraction of sp³-hybridized carbons (Fsp3) is 0.421. The summed E-state index contributed by atoms with van der Waals surface area (Å²) in [6, 6.07) is 2.65. The first-order valence-corrected chi connectivity index (χ1v) is 8.86. The molecular formula is C19H22FN3O4. The van der Waals surface area contributed by atoms with Gasteiger partial charge in [-0.3, -0.25) is 9.59 Å². The molecule has 0 radical (unpaired) electrons. The first kappa shape index (κ1) is 18.9. The zero-order valence-corrected chi connectivity index (χ0v) is 15.5. The number of anilines is 1. The molecule has 1 unspecified atom stereocenters. The fourth-order valence-electron chi connectivity index (χ4n) is 3.70. The molecule has 2 heterocycles. The minimum atomic E-state index is -1.33. The fourth-order valence-corrected chi connectivity index (χ4v) is 3.70. The lowest BCUT2D eigenvalue weighted by molar-refractivity contribution is -0.131. The Morgan fingerprint density at radius 3 is 2.56 bits per heavy atom. The van der Waals surface area contributed by atoms with Gasteiger partial charge >= 0.3 is 5.97 Å². The van der Waals surface area contributed by atoms with Crippen LogP contribution >= 0.6 is 0 Å². The molecule has 7 nitrogen and oxygen atoms in total. The number of nitrogens with zero attached hydrogens (tertiary/aromatic N) is 3. The second-order valence-corrected chi connectivity index (χ2v) is 6.79. The third-order valence-electron chi connectivity index (χ3n) is 5.09. The summed E-state index contributed by atoms with van der Waals surface area (Å²) in [7, 11) is 0. The number of amides is 1. The van der Waals surface area contributed by atoms with Gasteiger partial charge in [-0.1, -0.05) is 0 Å². The van der Waals surface area contributed by atoms with E-state index in [2.05, 4.69) is 0 Å². The molecule has 1 aliphatic heterocycles. The number of aryl methyl sites for hydroxylation is 1. The Balaban J connectivity index is 2.10. The average Bonchev–Trinajstić information content (AvgIpc) is 2.61. The first-order chi connectivity index (χ1) is 12.7. The van der Waals surface area contributed by atoms with Gasteiger partial charge in [-0.15, -0.1) is 0 Å². The third-order valence-corrected chi connectivity index (χ3v) is 5.09. The molecule has 1 aromatic carbocycles. The summed E-state index contributed by atoms with van der Waals surface area (Å²) in [6.45, 7) is 7.15. The van der Waals surface area contributed by atoms with Gasteiger partial charge < -0.3 is 19.5 Å². The lowest BCUT2D eigenvalue weighted by Gasteiger charge is -2.40. The molecular weight excluding hydrogens is 353 g/mol. The number of carbonyl (C=O) groups is 2. The van der Waals surface area contributed by atoms with Gasteiger partial charge in [-0.05, 0) is 26.0 Å². The standard InChI is InChI=1S/C19H22FN3O4/c1-4-21-10-14(19(26)27)18(25)13-7-15(20)17(8-16(13)21)22-5-6-23(12(3)24)11(2)9-22/h7-8,10-11H,4-6,9H2,1-3H3,(H,26,27). The minimum Gasteiger partial charge on any atom is -0.477 e. The van der Waals surface area contributed by atoms with E-state index in [4.69, 9.17) is 0 Å². The Hall–Kier alpha value is -2.90. The zero-order valence-electron chi connectivity index (χ0n) is 15.5. The maximum atomic E-state index is 14.8. The summed E-state index contributed by atoms with van der Waals surface area (Å²) in [5, 5.41) is 9.27. The van der Waals surface area contributed by atoms with Gasteiger partial charge in [0.15, 0.2) is 0 Å². The molecule has 0 saturated carbocycles. The minimum absolute atomic E-state index is 0.0119. The lowest BCUT2D eigenvalue weighted by Crippen LogP contribution is -2.53. The molecule has 0 spiro atoms. The maximum absolute atomic E-state index is 14.8. The Morgan fingerprint density at radius 2 is 2.00 bits per heavy atom. The van der Waals surface area contributed by atoms with Crippen molar-refractivity contribution in [2.24, 2.45) is 0 Å².